The van der Waals surface area contributed by atoms with Crippen molar-refractivity contribution in [3.63, 3.8) is 0 Å². The number of carboxylic acid groups (broad SMARTS) is 1. The highest BCUT2D eigenvalue weighted by Gasteiger charge is 2.10. The Morgan fingerprint density at radius 3 is 2.67 bits per heavy atom. The number of anilines is 1. The average Bonchev–Trinajstić information content (AvgIpc) is 2.46. The molecule has 2 rings (SSSR count). The molecule has 0 atom stereocenters. The molecule has 0 spiro atoms. The van der Waals surface area contributed by atoms with Crippen LogP contribution in [0.15, 0.2) is 42.6 Å². The number of aromatic nitrogens is 1. The minimum atomic E-state index is -1.10. The number of carboxylic acids is 1. The number of carbonyl (C=O) groups is 2. The van der Waals surface area contributed by atoms with Gasteiger partial charge in [0.25, 0.3) is 0 Å². The van der Waals surface area contributed by atoms with Crippen LogP contribution >= 0.6 is 11.6 Å². The fourth-order valence-electron chi connectivity index (χ4n) is 1.78. The van der Waals surface area contributed by atoms with E-state index in [-0.39, 0.29) is 22.9 Å². The van der Waals surface area contributed by atoms with Gasteiger partial charge < -0.3 is 10.4 Å². The molecule has 0 saturated heterocycles. The van der Waals surface area contributed by atoms with Crippen molar-refractivity contribution in [2.45, 2.75) is 12.8 Å². The van der Waals surface area contributed by atoms with E-state index >= 15 is 0 Å². The number of hydrogen-bond acceptors (Lipinski definition) is 3. The number of nitrogens with one attached hydrogen (secondary N) is 1. The van der Waals surface area contributed by atoms with Gasteiger partial charge in [0.15, 0.2) is 0 Å². The summed E-state index contributed by atoms with van der Waals surface area (Å²) in [6, 6.07) is 9.82. The van der Waals surface area contributed by atoms with Gasteiger partial charge in [-0.1, -0.05) is 17.7 Å². The van der Waals surface area contributed by atoms with Gasteiger partial charge in [0.05, 0.1) is 10.6 Å². The smallest absolute Gasteiger partial charge is 0.337 e. The predicted octanol–water partition coefficient (Wildman–Crippen LogP) is 3.00. The summed E-state index contributed by atoms with van der Waals surface area (Å²) < 4.78 is 0. The van der Waals surface area contributed by atoms with E-state index in [9.17, 15) is 9.59 Å². The molecular formula is C15H13ClN2O3. The fourth-order valence-corrected chi connectivity index (χ4v) is 2.04. The highest BCUT2D eigenvalue weighted by Crippen LogP contribution is 2.21. The molecule has 21 heavy (non-hydrogen) atoms. The first-order valence-electron chi connectivity index (χ1n) is 6.29. The molecule has 0 aliphatic rings. The quantitative estimate of drug-likeness (QED) is 0.890. The van der Waals surface area contributed by atoms with Crippen LogP contribution in [-0.4, -0.2) is 22.0 Å². The summed E-state index contributed by atoms with van der Waals surface area (Å²) in [5.41, 5.74) is 1.31. The lowest BCUT2D eigenvalue weighted by Gasteiger charge is -2.07. The Labute approximate surface area is 126 Å². The lowest BCUT2D eigenvalue weighted by molar-refractivity contribution is -0.116. The van der Waals surface area contributed by atoms with E-state index in [4.69, 9.17) is 16.7 Å². The molecule has 0 saturated carbocycles. The first-order chi connectivity index (χ1) is 10.1. The Bertz CT molecular complexity index is 659. The van der Waals surface area contributed by atoms with E-state index in [1.165, 1.54) is 18.2 Å². The van der Waals surface area contributed by atoms with E-state index < -0.39 is 5.97 Å². The lowest BCUT2D eigenvalue weighted by atomic mass is 10.2. The zero-order valence-corrected chi connectivity index (χ0v) is 11.8. The molecule has 1 aromatic carbocycles. The molecule has 0 unspecified atom stereocenters. The highest BCUT2D eigenvalue weighted by atomic mass is 35.5. The molecule has 0 radical (unpaired) electrons. The maximum Gasteiger partial charge on any atom is 0.337 e. The van der Waals surface area contributed by atoms with Crippen molar-refractivity contribution in [2.24, 2.45) is 0 Å². The Kier molecular flexibility index (Phi) is 4.90. The van der Waals surface area contributed by atoms with Gasteiger partial charge in [0.2, 0.25) is 5.91 Å². The maximum atomic E-state index is 11.8. The fraction of sp³-hybridized carbons (Fsp3) is 0.133. The first kappa shape index (κ1) is 15.0. The van der Waals surface area contributed by atoms with E-state index in [2.05, 4.69) is 10.3 Å². The van der Waals surface area contributed by atoms with Gasteiger partial charge in [-0.3, -0.25) is 9.78 Å². The molecule has 0 aliphatic carbocycles. The van der Waals surface area contributed by atoms with Crippen LogP contribution in [-0.2, 0) is 11.2 Å². The van der Waals surface area contributed by atoms with E-state index in [0.717, 1.165) is 5.69 Å². The molecule has 0 bridgehead atoms. The molecule has 1 heterocycles. The van der Waals surface area contributed by atoms with E-state index in [0.29, 0.717) is 12.1 Å². The first-order valence-corrected chi connectivity index (χ1v) is 6.66. The minimum absolute atomic E-state index is 0.00292. The summed E-state index contributed by atoms with van der Waals surface area (Å²) in [7, 11) is 0. The summed E-state index contributed by atoms with van der Waals surface area (Å²) in [6.45, 7) is 0. The van der Waals surface area contributed by atoms with Crippen molar-refractivity contribution in [2.75, 3.05) is 5.32 Å². The molecule has 2 N–H and O–H groups in total. The van der Waals surface area contributed by atoms with Crippen LogP contribution in [0.4, 0.5) is 5.69 Å². The summed E-state index contributed by atoms with van der Waals surface area (Å²) in [5, 5.41) is 11.6. The zero-order chi connectivity index (χ0) is 15.2. The van der Waals surface area contributed by atoms with Crippen molar-refractivity contribution in [1.29, 1.82) is 0 Å². The van der Waals surface area contributed by atoms with Crippen LogP contribution < -0.4 is 5.32 Å². The number of rotatable bonds is 5. The molecule has 0 fully saturated rings. The number of benzene rings is 1. The number of carbonyl (C=O) groups excluding carboxylic acids is 1. The third-order valence-corrected chi connectivity index (χ3v) is 3.13. The van der Waals surface area contributed by atoms with Gasteiger partial charge in [0.1, 0.15) is 0 Å². The minimum Gasteiger partial charge on any atom is -0.478 e. The van der Waals surface area contributed by atoms with Crippen molar-refractivity contribution >= 4 is 29.2 Å². The van der Waals surface area contributed by atoms with Crippen molar-refractivity contribution in [3.8, 4) is 0 Å². The monoisotopic (exact) mass is 304 g/mol. The van der Waals surface area contributed by atoms with Gasteiger partial charge in [-0.05, 0) is 36.8 Å². The SMILES string of the molecule is O=C(CCc1ccccn1)Nc1ccc(C(=O)O)c(Cl)c1. The number of aryl methyl sites for hydroxylation is 1. The molecule has 108 valence electrons. The molecular weight excluding hydrogens is 292 g/mol. The Balaban J connectivity index is 1.94. The Morgan fingerprint density at radius 1 is 1.24 bits per heavy atom. The van der Waals surface area contributed by atoms with Gasteiger partial charge >= 0.3 is 5.97 Å². The normalized spacial score (nSPS) is 10.1. The molecule has 0 aliphatic heterocycles. The maximum absolute atomic E-state index is 11.8. The van der Waals surface area contributed by atoms with Crippen molar-refractivity contribution < 1.29 is 14.7 Å². The number of halogens is 1. The van der Waals surface area contributed by atoms with Crippen LogP contribution in [0.2, 0.25) is 5.02 Å². The van der Waals surface area contributed by atoms with E-state index in [1.54, 1.807) is 6.20 Å². The summed E-state index contributed by atoms with van der Waals surface area (Å²) in [4.78, 5) is 26.8. The summed E-state index contributed by atoms with van der Waals surface area (Å²) >= 11 is 5.84. The second kappa shape index (κ2) is 6.85. The van der Waals surface area contributed by atoms with Crippen LogP contribution in [0.1, 0.15) is 22.5 Å². The van der Waals surface area contributed by atoms with Crippen LogP contribution in [0.25, 0.3) is 0 Å². The molecule has 2 aromatic rings. The number of nitrogens with zero attached hydrogens (tertiary/aromatic N) is 1. The Morgan fingerprint density at radius 2 is 2.05 bits per heavy atom. The molecule has 1 aromatic heterocycles. The van der Waals surface area contributed by atoms with Gasteiger partial charge in [-0.2, -0.15) is 0 Å². The predicted molar refractivity (Wildman–Crippen MR) is 79.6 cm³/mol. The van der Waals surface area contributed by atoms with Gasteiger partial charge in [0, 0.05) is 24.0 Å². The van der Waals surface area contributed by atoms with Gasteiger partial charge in [-0.25, -0.2) is 4.79 Å². The van der Waals surface area contributed by atoms with Crippen LogP contribution in [0.5, 0.6) is 0 Å². The molecule has 5 nitrogen and oxygen atoms in total. The lowest BCUT2D eigenvalue weighted by Crippen LogP contribution is -2.13. The summed E-state index contributed by atoms with van der Waals surface area (Å²) in [5.74, 6) is -1.28. The Hall–Kier alpha value is -2.40. The number of aromatic carboxylic acids is 1. The van der Waals surface area contributed by atoms with Gasteiger partial charge in [-0.15, -0.1) is 0 Å². The molecule has 1 amide bonds. The largest absolute Gasteiger partial charge is 0.478 e. The highest BCUT2D eigenvalue weighted by molar-refractivity contribution is 6.33. The number of pyridine rings is 1. The van der Waals surface area contributed by atoms with E-state index in [1.807, 2.05) is 18.2 Å². The molecule has 6 heteroatoms. The number of hydrogen-bond donors (Lipinski definition) is 2. The van der Waals surface area contributed by atoms with Crippen LogP contribution in [0, 0.1) is 0 Å². The van der Waals surface area contributed by atoms with Crippen LogP contribution in [0.3, 0.4) is 0 Å². The topological polar surface area (TPSA) is 79.3 Å². The second-order valence-corrected chi connectivity index (χ2v) is 4.78. The summed E-state index contributed by atoms with van der Waals surface area (Å²) in [6.07, 6.45) is 2.50. The number of amides is 1. The standard InChI is InChI=1S/C15H13ClN2O3/c16-13-9-11(4-6-12(13)15(20)21)18-14(19)7-5-10-3-1-2-8-17-10/h1-4,6,8-9H,5,7H2,(H,18,19)(H,20,21). The third-order valence-electron chi connectivity index (χ3n) is 2.82. The third kappa shape index (κ3) is 4.29. The average molecular weight is 305 g/mol. The van der Waals surface area contributed by atoms with Crippen molar-refractivity contribution in [3.05, 3.63) is 58.9 Å². The zero-order valence-electron chi connectivity index (χ0n) is 11.0. The van der Waals surface area contributed by atoms with Crippen molar-refractivity contribution in [1.82, 2.24) is 4.98 Å². The second-order valence-electron chi connectivity index (χ2n) is 4.37.